The molecule has 2 aromatic rings. The Hall–Kier alpha value is -3.09. The molecule has 0 aliphatic carbocycles. The fourth-order valence-electron chi connectivity index (χ4n) is 1.88. The van der Waals surface area contributed by atoms with Crippen molar-refractivity contribution in [2.45, 2.75) is 6.92 Å². The number of nitro groups is 1. The van der Waals surface area contributed by atoms with Gasteiger partial charge in [0, 0.05) is 17.8 Å². The van der Waals surface area contributed by atoms with Crippen molar-refractivity contribution < 1.29 is 14.5 Å². The third-order valence-corrected chi connectivity index (χ3v) is 2.93. The van der Waals surface area contributed by atoms with E-state index in [0.717, 1.165) is 5.56 Å². The van der Waals surface area contributed by atoms with Crippen molar-refractivity contribution >= 4 is 23.1 Å². The fourth-order valence-corrected chi connectivity index (χ4v) is 1.88. The molecule has 0 bridgehead atoms. The third-order valence-electron chi connectivity index (χ3n) is 2.93. The Kier molecular flexibility index (Phi) is 4.57. The molecule has 0 spiro atoms. The summed E-state index contributed by atoms with van der Waals surface area (Å²) in [5, 5.41) is 16.1. The summed E-state index contributed by atoms with van der Waals surface area (Å²) >= 11 is 0. The molecule has 0 aliphatic heterocycles. The van der Waals surface area contributed by atoms with Crippen LogP contribution in [0.2, 0.25) is 0 Å². The van der Waals surface area contributed by atoms with E-state index in [1.165, 1.54) is 19.2 Å². The third kappa shape index (κ3) is 3.72. The molecule has 7 nitrogen and oxygen atoms in total. The molecule has 0 saturated heterocycles. The summed E-state index contributed by atoms with van der Waals surface area (Å²) < 4.78 is 5.06. The monoisotopic (exact) mass is 301 g/mol. The summed E-state index contributed by atoms with van der Waals surface area (Å²) in [6.07, 6.45) is 0. The number of methoxy groups -OCH3 is 1. The summed E-state index contributed by atoms with van der Waals surface area (Å²) in [4.78, 5) is 22.4. The summed E-state index contributed by atoms with van der Waals surface area (Å²) in [6.45, 7) is 1.74. The van der Waals surface area contributed by atoms with Gasteiger partial charge >= 0.3 is 6.03 Å². The van der Waals surface area contributed by atoms with Crippen LogP contribution in [0.3, 0.4) is 0 Å². The molecule has 7 heteroatoms. The molecule has 0 radical (unpaired) electrons. The Morgan fingerprint density at radius 1 is 1.18 bits per heavy atom. The van der Waals surface area contributed by atoms with Gasteiger partial charge in [-0.1, -0.05) is 12.1 Å². The van der Waals surface area contributed by atoms with Crippen LogP contribution in [-0.2, 0) is 0 Å². The smallest absolute Gasteiger partial charge is 0.323 e. The molecule has 0 aromatic heterocycles. The average molecular weight is 301 g/mol. The van der Waals surface area contributed by atoms with Crippen molar-refractivity contribution in [2.24, 2.45) is 0 Å². The van der Waals surface area contributed by atoms with E-state index >= 15 is 0 Å². The Labute approximate surface area is 127 Å². The minimum Gasteiger partial charge on any atom is -0.497 e. The first-order chi connectivity index (χ1) is 10.5. The highest BCUT2D eigenvalue weighted by Gasteiger charge is 2.16. The number of nitro benzene ring substituents is 1. The standard InChI is InChI=1S/C15H15N3O4/c1-10-6-7-13(14(8-10)18(20)21)17-15(19)16-11-4-3-5-12(9-11)22-2/h3-9H,1-2H3,(H2,16,17,19). The van der Waals surface area contributed by atoms with Gasteiger partial charge in [-0.3, -0.25) is 10.1 Å². The number of hydrogen-bond acceptors (Lipinski definition) is 4. The topological polar surface area (TPSA) is 93.5 Å². The van der Waals surface area contributed by atoms with Crippen molar-refractivity contribution in [1.29, 1.82) is 0 Å². The van der Waals surface area contributed by atoms with Gasteiger partial charge in [-0.25, -0.2) is 4.79 Å². The van der Waals surface area contributed by atoms with Gasteiger partial charge in [0.1, 0.15) is 11.4 Å². The number of nitrogens with zero attached hydrogens (tertiary/aromatic N) is 1. The SMILES string of the molecule is COc1cccc(NC(=O)Nc2ccc(C)cc2[N+](=O)[O-])c1. The zero-order valence-corrected chi connectivity index (χ0v) is 12.1. The van der Waals surface area contributed by atoms with Crippen molar-refractivity contribution in [3.05, 3.63) is 58.1 Å². The maximum atomic E-state index is 12.0. The molecule has 2 rings (SSSR count). The van der Waals surface area contributed by atoms with Crippen LogP contribution in [-0.4, -0.2) is 18.1 Å². The predicted octanol–water partition coefficient (Wildman–Crippen LogP) is 3.56. The fraction of sp³-hybridized carbons (Fsp3) is 0.133. The first-order valence-electron chi connectivity index (χ1n) is 6.46. The molecule has 0 saturated carbocycles. The number of anilines is 2. The molecule has 0 fully saturated rings. The van der Waals surface area contributed by atoms with Crippen molar-refractivity contribution in [3.8, 4) is 5.75 Å². The molecule has 2 N–H and O–H groups in total. The van der Waals surface area contributed by atoms with Crippen LogP contribution < -0.4 is 15.4 Å². The van der Waals surface area contributed by atoms with Crippen LogP contribution in [0.15, 0.2) is 42.5 Å². The highest BCUT2D eigenvalue weighted by molar-refractivity contribution is 6.01. The molecular weight excluding hydrogens is 286 g/mol. The van der Waals surface area contributed by atoms with Gasteiger partial charge in [0.15, 0.2) is 0 Å². The number of urea groups is 1. The van der Waals surface area contributed by atoms with E-state index in [9.17, 15) is 14.9 Å². The van der Waals surface area contributed by atoms with Gasteiger partial charge in [0.05, 0.1) is 12.0 Å². The van der Waals surface area contributed by atoms with E-state index in [2.05, 4.69) is 10.6 Å². The molecule has 114 valence electrons. The van der Waals surface area contributed by atoms with Crippen LogP contribution in [0.1, 0.15) is 5.56 Å². The quantitative estimate of drug-likeness (QED) is 0.667. The van der Waals surface area contributed by atoms with Crippen LogP contribution in [0.4, 0.5) is 21.9 Å². The Bertz CT molecular complexity index is 716. The predicted molar refractivity (Wildman–Crippen MR) is 83.5 cm³/mol. The number of ether oxygens (including phenoxy) is 1. The van der Waals surface area contributed by atoms with E-state index in [4.69, 9.17) is 4.74 Å². The molecule has 0 atom stereocenters. The summed E-state index contributed by atoms with van der Waals surface area (Å²) in [6, 6.07) is 10.8. The van der Waals surface area contributed by atoms with Gasteiger partial charge in [0.2, 0.25) is 0 Å². The number of rotatable bonds is 4. The van der Waals surface area contributed by atoms with Gasteiger partial charge in [0.25, 0.3) is 5.69 Å². The Morgan fingerprint density at radius 2 is 1.95 bits per heavy atom. The van der Waals surface area contributed by atoms with Crippen LogP contribution >= 0.6 is 0 Å². The first-order valence-corrected chi connectivity index (χ1v) is 6.46. The van der Waals surface area contributed by atoms with Gasteiger partial charge < -0.3 is 15.4 Å². The van der Waals surface area contributed by atoms with E-state index in [1.54, 1.807) is 37.3 Å². The lowest BCUT2D eigenvalue weighted by molar-refractivity contribution is -0.384. The van der Waals surface area contributed by atoms with Crippen molar-refractivity contribution in [1.82, 2.24) is 0 Å². The van der Waals surface area contributed by atoms with E-state index in [1.807, 2.05) is 0 Å². The number of benzene rings is 2. The minimum atomic E-state index is -0.569. The van der Waals surface area contributed by atoms with Crippen molar-refractivity contribution in [2.75, 3.05) is 17.7 Å². The second-order valence-corrected chi connectivity index (χ2v) is 4.59. The van der Waals surface area contributed by atoms with Crippen LogP contribution in [0.5, 0.6) is 5.75 Å². The van der Waals surface area contributed by atoms with Crippen LogP contribution in [0, 0.1) is 17.0 Å². The maximum Gasteiger partial charge on any atom is 0.323 e. The summed E-state index contributed by atoms with van der Waals surface area (Å²) in [5.74, 6) is 0.596. The largest absolute Gasteiger partial charge is 0.497 e. The Morgan fingerprint density at radius 3 is 2.64 bits per heavy atom. The van der Waals surface area contributed by atoms with Crippen LogP contribution in [0.25, 0.3) is 0 Å². The highest BCUT2D eigenvalue weighted by atomic mass is 16.6. The molecule has 2 amide bonds. The molecule has 22 heavy (non-hydrogen) atoms. The second kappa shape index (κ2) is 6.57. The van der Waals surface area contributed by atoms with E-state index in [0.29, 0.717) is 11.4 Å². The molecule has 0 aliphatic rings. The molecule has 2 aromatic carbocycles. The number of aryl methyl sites for hydroxylation is 1. The number of amides is 2. The molecule has 0 unspecified atom stereocenters. The molecule has 0 heterocycles. The van der Waals surface area contributed by atoms with Gasteiger partial charge in [-0.2, -0.15) is 0 Å². The first kappa shape index (κ1) is 15.3. The number of carbonyl (C=O) groups excluding carboxylic acids is 1. The number of nitrogens with one attached hydrogen (secondary N) is 2. The normalized spacial score (nSPS) is 9.91. The van der Waals surface area contributed by atoms with Crippen molar-refractivity contribution in [3.63, 3.8) is 0 Å². The van der Waals surface area contributed by atoms with Gasteiger partial charge in [-0.05, 0) is 30.7 Å². The zero-order valence-electron chi connectivity index (χ0n) is 12.1. The number of carbonyl (C=O) groups is 1. The lowest BCUT2D eigenvalue weighted by atomic mass is 10.2. The molecular formula is C15H15N3O4. The highest BCUT2D eigenvalue weighted by Crippen LogP contribution is 2.25. The summed E-state index contributed by atoms with van der Waals surface area (Å²) in [5.41, 5.74) is 1.24. The number of hydrogen-bond donors (Lipinski definition) is 2. The Balaban J connectivity index is 2.13. The lowest BCUT2D eigenvalue weighted by Gasteiger charge is -2.09. The second-order valence-electron chi connectivity index (χ2n) is 4.59. The minimum absolute atomic E-state index is 0.135. The maximum absolute atomic E-state index is 12.0. The van der Waals surface area contributed by atoms with E-state index < -0.39 is 11.0 Å². The average Bonchev–Trinajstić information content (AvgIpc) is 2.49. The summed E-state index contributed by atoms with van der Waals surface area (Å²) in [7, 11) is 1.52. The van der Waals surface area contributed by atoms with E-state index in [-0.39, 0.29) is 11.4 Å². The zero-order chi connectivity index (χ0) is 16.1. The van der Waals surface area contributed by atoms with Gasteiger partial charge in [-0.15, -0.1) is 0 Å². The lowest BCUT2D eigenvalue weighted by Crippen LogP contribution is -2.20.